The lowest BCUT2D eigenvalue weighted by Gasteiger charge is -2.23. The van der Waals surface area contributed by atoms with Crippen molar-refractivity contribution in [3.8, 4) is 11.5 Å². The molecule has 8 nitrogen and oxygen atoms in total. The van der Waals surface area contributed by atoms with Crippen molar-refractivity contribution in [2.75, 3.05) is 19.1 Å². The highest BCUT2D eigenvalue weighted by Gasteiger charge is 2.48. The number of ether oxygens (including phenoxy) is 2. The average molecular weight is 437 g/mol. The first-order valence-electron chi connectivity index (χ1n) is 9.34. The highest BCUT2D eigenvalue weighted by Crippen LogP contribution is 2.44. The van der Waals surface area contributed by atoms with E-state index in [0.29, 0.717) is 27.6 Å². The van der Waals surface area contributed by atoms with Gasteiger partial charge in [0.05, 0.1) is 25.8 Å². The Morgan fingerprint density at radius 3 is 2.35 bits per heavy atom. The zero-order valence-corrected chi connectivity index (χ0v) is 17.8. The quantitative estimate of drug-likeness (QED) is 0.370. The van der Waals surface area contributed by atoms with Gasteiger partial charge in [-0.1, -0.05) is 47.7 Å². The van der Waals surface area contributed by atoms with Crippen LogP contribution in [0.15, 0.2) is 54.1 Å². The Hall–Kier alpha value is -3.72. The summed E-state index contributed by atoms with van der Waals surface area (Å²) in [5, 5.41) is 20.0. The standard InChI is InChI=1S/C22H19N3O5S/c1-12-23-24-22(31-12)25-18(14-9-10-15(29-2)16(11-14)30-3)17(20(27)21(25)28)19(26)13-7-5-4-6-8-13/h4-11,18,26H,1-3H3/b19-17-. The van der Waals surface area contributed by atoms with E-state index < -0.39 is 17.7 Å². The lowest BCUT2D eigenvalue weighted by Crippen LogP contribution is -2.29. The number of aliphatic hydroxyl groups is 1. The second-order valence-electron chi connectivity index (χ2n) is 6.75. The van der Waals surface area contributed by atoms with Gasteiger partial charge < -0.3 is 14.6 Å². The molecule has 1 amide bonds. The number of methoxy groups -OCH3 is 2. The number of ketones is 1. The van der Waals surface area contributed by atoms with Crippen LogP contribution >= 0.6 is 11.3 Å². The number of hydrogen-bond donors (Lipinski definition) is 1. The van der Waals surface area contributed by atoms with Crippen molar-refractivity contribution in [3.05, 3.63) is 70.2 Å². The summed E-state index contributed by atoms with van der Waals surface area (Å²) in [4.78, 5) is 27.4. The van der Waals surface area contributed by atoms with Crippen LogP contribution in [-0.2, 0) is 9.59 Å². The number of aromatic nitrogens is 2. The van der Waals surface area contributed by atoms with Crippen molar-refractivity contribution < 1.29 is 24.2 Å². The summed E-state index contributed by atoms with van der Waals surface area (Å²) in [6, 6.07) is 12.8. The number of carbonyl (C=O) groups is 2. The van der Waals surface area contributed by atoms with Gasteiger partial charge in [0.2, 0.25) is 5.13 Å². The molecule has 1 fully saturated rings. The summed E-state index contributed by atoms with van der Waals surface area (Å²) >= 11 is 1.19. The van der Waals surface area contributed by atoms with Gasteiger partial charge in [-0.05, 0) is 24.6 Å². The number of nitrogens with zero attached hydrogens (tertiary/aromatic N) is 3. The summed E-state index contributed by atoms with van der Waals surface area (Å²) in [5.74, 6) is -0.915. The van der Waals surface area contributed by atoms with Gasteiger partial charge in [-0.15, -0.1) is 10.2 Å². The van der Waals surface area contributed by atoms with E-state index in [1.807, 2.05) is 0 Å². The van der Waals surface area contributed by atoms with E-state index in [0.717, 1.165) is 0 Å². The van der Waals surface area contributed by atoms with Crippen LogP contribution in [0, 0.1) is 6.92 Å². The van der Waals surface area contributed by atoms with Crippen LogP contribution in [0.2, 0.25) is 0 Å². The first kappa shape index (κ1) is 20.5. The number of anilines is 1. The van der Waals surface area contributed by atoms with Crippen molar-refractivity contribution in [3.63, 3.8) is 0 Å². The number of rotatable bonds is 5. The first-order valence-corrected chi connectivity index (χ1v) is 10.2. The van der Waals surface area contributed by atoms with Crippen molar-refractivity contribution in [1.29, 1.82) is 0 Å². The van der Waals surface area contributed by atoms with Gasteiger partial charge in [0.15, 0.2) is 11.5 Å². The van der Waals surface area contributed by atoms with Crippen molar-refractivity contribution in [2.45, 2.75) is 13.0 Å². The molecule has 3 aromatic rings. The first-order chi connectivity index (χ1) is 15.0. The molecular formula is C22H19N3O5S. The lowest BCUT2D eigenvalue weighted by molar-refractivity contribution is -0.132. The van der Waals surface area contributed by atoms with Gasteiger partial charge in [-0.3, -0.25) is 14.5 Å². The summed E-state index contributed by atoms with van der Waals surface area (Å²) in [7, 11) is 3.01. The number of hydrogen-bond acceptors (Lipinski definition) is 8. The molecule has 0 bridgehead atoms. The molecule has 1 aliphatic heterocycles. The fraction of sp³-hybridized carbons (Fsp3) is 0.182. The molecule has 9 heteroatoms. The van der Waals surface area contributed by atoms with Crippen LogP contribution in [0.1, 0.15) is 22.2 Å². The minimum absolute atomic E-state index is 0.0312. The van der Waals surface area contributed by atoms with Crippen LogP contribution in [0.5, 0.6) is 11.5 Å². The second kappa shape index (κ2) is 8.19. The van der Waals surface area contributed by atoms with E-state index >= 15 is 0 Å². The Morgan fingerprint density at radius 1 is 1.03 bits per heavy atom. The van der Waals surface area contributed by atoms with Crippen molar-refractivity contribution in [2.24, 2.45) is 0 Å². The molecule has 1 N–H and O–H groups in total. The molecule has 4 rings (SSSR count). The third-order valence-corrected chi connectivity index (χ3v) is 5.77. The van der Waals surface area contributed by atoms with E-state index in [4.69, 9.17) is 9.47 Å². The van der Waals surface area contributed by atoms with E-state index in [9.17, 15) is 14.7 Å². The Bertz CT molecular complexity index is 1190. The molecule has 0 aliphatic carbocycles. The molecular weight excluding hydrogens is 418 g/mol. The zero-order valence-electron chi connectivity index (χ0n) is 17.0. The lowest BCUT2D eigenvalue weighted by atomic mass is 9.95. The predicted molar refractivity (Wildman–Crippen MR) is 115 cm³/mol. The molecule has 1 aromatic heterocycles. The van der Waals surface area contributed by atoms with E-state index in [1.165, 1.54) is 30.5 Å². The minimum atomic E-state index is -0.910. The summed E-state index contributed by atoms with van der Waals surface area (Å²) in [6.07, 6.45) is 0. The fourth-order valence-electron chi connectivity index (χ4n) is 3.50. The van der Waals surface area contributed by atoms with Crippen LogP contribution in [0.25, 0.3) is 5.76 Å². The monoisotopic (exact) mass is 437 g/mol. The number of amides is 1. The van der Waals surface area contributed by atoms with Gasteiger partial charge in [0, 0.05) is 5.56 Å². The number of benzene rings is 2. The molecule has 1 aliphatic rings. The molecule has 1 unspecified atom stereocenters. The zero-order chi connectivity index (χ0) is 22.1. The highest BCUT2D eigenvalue weighted by atomic mass is 32.1. The minimum Gasteiger partial charge on any atom is -0.507 e. The second-order valence-corrected chi connectivity index (χ2v) is 7.91. The highest BCUT2D eigenvalue weighted by molar-refractivity contribution is 7.15. The molecule has 1 saturated heterocycles. The van der Waals surface area contributed by atoms with Crippen LogP contribution in [0.4, 0.5) is 5.13 Å². The maximum absolute atomic E-state index is 13.1. The summed E-state index contributed by atoms with van der Waals surface area (Å²) < 4.78 is 10.7. The molecule has 31 heavy (non-hydrogen) atoms. The van der Waals surface area contributed by atoms with Gasteiger partial charge in [0.1, 0.15) is 10.8 Å². The summed E-state index contributed by atoms with van der Waals surface area (Å²) in [6.45, 7) is 1.76. The van der Waals surface area contributed by atoms with Crippen LogP contribution in [0.3, 0.4) is 0 Å². The Labute approximate surface area is 182 Å². The molecule has 1 atom stereocenters. The Morgan fingerprint density at radius 2 is 1.74 bits per heavy atom. The van der Waals surface area contributed by atoms with Crippen molar-refractivity contribution >= 4 is 33.9 Å². The van der Waals surface area contributed by atoms with E-state index in [1.54, 1.807) is 55.5 Å². The number of aliphatic hydroxyl groups excluding tert-OH is 1. The normalized spacial score (nSPS) is 17.8. The molecule has 2 aromatic carbocycles. The van der Waals surface area contributed by atoms with Gasteiger partial charge in [-0.25, -0.2) is 0 Å². The van der Waals surface area contributed by atoms with E-state index in [-0.39, 0.29) is 16.5 Å². The Kier molecular flexibility index (Phi) is 5.43. The average Bonchev–Trinajstić information content (AvgIpc) is 3.34. The van der Waals surface area contributed by atoms with E-state index in [2.05, 4.69) is 10.2 Å². The molecule has 0 saturated carbocycles. The third-order valence-electron chi connectivity index (χ3n) is 4.94. The smallest absolute Gasteiger partial charge is 0.301 e. The van der Waals surface area contributed by atoms with Gasteiger partial charge in [0.25, 0.3) is 5.78 Å². The maximum Gasteiger partial charge on any atom is 0.301 e. The van der Waals surface area contributed by atoms with Gasteiger partial charge in [-0.2, -0.15) is 0 Å². The van der Waals surface area contributed by atoms with Crippen molar-refractivity contribution in [1.82, 2.24) is 10.2 Å². The molecule has 0 radical (unpaired) electrons. The largest absolute Gasteiger partial charge is 0.507 e. The molecule has 2 heterocycles. The molecule has 0 spiro atoms. The fourth-order valence-corrected chi connectivity index (χ4v) is 4.22. The topological polar surface area (TPSA) is 102 Å². The predicted octanol–water partition coefficient (Wildman–Crippen LogP) is 3.49. The third kappa shape index (κ3) is 3.53. The van der Waals surface area contributed by atoms with Gasteiger partial charge >= 0.3 is 5.91 Å². The maximum atomic E-state index is 13.1. The number of Topliss-reactive ketones (excluding diaryl/α,β-unsaturated/α-hetero) is 1. The molecule has 158 valence electrons. The van der Waals surface area contributed by atoms with Crippen LogP contribution in [-0.4, -0.2) is 41.2 Å². The number of carbonyl (C=O) groups excluding carboxylic acids is 2. The number of aryl methyl sites for hydroxylation is 1. The van der Waals surface area contributed by atoms with Crippen LogP contribution < -0.4 is 14.4 Å². The Balaban J connectivity index is 1.96. The summed E-state index contributed by atoms with van der Waals surface area (Å²) in [5.41, 5.74) is 0.956. The SMILES string of the molecule is COc1ccc(C2/C(=C(/O)c3ccccc3)C(=O)C(=O)N2c2nnc(C)s2)cc1OC.